The highest BCUT2D eigenvalue weighted by molar-refractivity contribution is 5.35. The lowest BCUT2D eigenvalue weighted by molar-refractivity contribution is 0.0774. The zero-order valence-electron chi connectivity index (χ0n) is 13.0. The average Bonchev–Trinajstić information content (AvgIpc) is 3.04. The van der Waals surface area contributed by atoms with Gasteiger partial charge in [-0.1, -0.05) is 37.5 Å². The number of aliphatic hydroxyl groups is 1. The number of methoxy groups -OCH3 is 1. The number of nitrogens with zero attached hydrogens (tertiary/aromatic N) is 2. The predicted octanol–water partition coefficient (Wildman–Crippen LogP) is 3.02. The highest BCUT2D eigenvalue weighted by Crippen LogP contribution is 2.33. The van der Waals surface area contributed by atoms with E-state index in [0.717, 1.165) is 30.0 Å². The van der Waals surface area contributed by atoms with Crippen LogP contribution in [0.15, 0.2) is 24.3 Å². The molecule has 118 valence electrons. The Hall–Kier alpha value is -1.88. The molecule has 1 heterocycles. The lowest BCUT2D eigenvalue weighted by Crippen LogP contribution is -2.17. The summed E-state index contributed by atoms with van der Waals surface area (Å²) in [6.45, 7) is 0. The number of H-pyrrole nitrogens is 1. The van der Waals surface area contributed by atoms with Crippen LogP contribution in [0.5, 0.6) is 5.75 Å². The third-order valence-electron chi connectivity index (χ3n) is 4.46. The van der Waals surface area contributed by atoms with Crippen molar-refractivity contribution in [3.05, 3.63) is 41.5 Å². The number of nitrogens with one attached hydrogen (secondary N) is 1. The lowest BCUT2D eigenvalue weighted by Gasteiger charge is -2.24. The summed E-state index contributed by atoms with van der Waals surface area (Å²) in [6, 6.07) is 7.87. The van der Waals surface area contributed by atoms with E-state index in [1.165, 1.54) is 19.3 Å². The minimum atomic E-state index is -0.553. The third-order valence-corrected chi connectivity index (χ3v) is 4.46. The molecule has 1 aliphatic rings. The van der Waals surface area contributed by atoms with Crippen molar-refractivity contribution in [1.82, 2.24) is 15.2 Å². The van der Waals surface area contributed by atoms with Gasteiger partial charge in [0, 0.05) is 12.0 Å². The van der Waals surface area contributed by atoms with Crippen LogP contribution in [0.2, 0.25) is 0 Å². The molecule has 1 aromatic heterocycles. The molecule has 0 aliphatic heterocycles. The Morgan fingerprint density at radius 2 is 2.05 bits per heavy atom. The first-order valence-corrected chi connectivity index (χ1v) is 7.99. The van der Waals surface area contributed by atoms with Crippen molar-refractivity contribution in [2.24, 2.45) is 5.92 Å². The molecular formula is C17H23N3O2. The van der Waals surface area contributed by atoms with E-state index < -0.39 is 6.10 Å². The van der Waals surface area contributed by atoms with Crippen LogP contribution in [0.1, 0.15) is 55.4 Å². The second-order valence-corrected chi connectivity index (χ2v) is 5.97. The van der Waals surface area contributed by atoms with Crippen LogP contribution in [0, 0.1) is 5.92 Å². The first-order chi connectivity index (χ1) is 10.8. The summed E-state index contributed by atoms with van der Waals surface area (Å²) >= 11 is 0. The van der Waals surface area contributed by atoms with Gasteiger partial charge in [-0.15, -0.1) is 0 Å². The topological polar surface area (TPSA) is 71.0 Å². The number of hydrogen-bond donors (Lipinski definition) is 2. The summed E-state index contributed by atoms with van der Waals surface area (Å²) in [4.78, 5) is 4.48. The summed E-state index contributed by atoms with van der Waals surface area (Å²) in [5.41, 5.74) is 1.06. The van der Waals surface area contributed by atoms with Crippen molar-refractivity contribution >= 4 is 0 Å². The fourth-order valence-corrected chi connectivity index (χ4v) is 3.21. The number of benzene rings is 1. The largest absolute Gasteiger partial charge is 0.496 e. The summed E-state index contributed by atoms with van der Waals surface area (Å²) in [6.07, 6.45) is 5.86. The summed E-state index contributed by atoms with van der Waals surface area (Å²) < 4.78 is 5.36. The molecule has 2 aromatic rings. The third kappa shape index (κ3) is 3.30. The maximum Gasteiger partial charge on any atom is 0.179 e. The molecule has 1 aromatic carbocycles. The number of aromatic nitrogens is 3. The Morgan fingerprint density at radius 1 is 1.27 bits per heavy atom. The molecule has 2 N–H and O–H groups in total. The van der Waals surface area contributed by atoms with Gasteiger partial charge in [0.25, 0.3) is 0 Å². The van der Waals surface area contributed by atoms with E-state index >= 15 is 0 Å². The lowest BCUT2D eigenvalue weighted by atomic mass is 9.85. The fraction of sp³-hybridized carbons (Fsp3) is 0.529. The number of aliphatic hydroxyl groups excluding tert-OH is 1. The van der Waals surface area contributed by atoms with Crippen molar-refractivity contribution in [2.75, 3.05) is 7.11 Å². The van der Waals surface area contributed by atoms with Crippen LogP contribution in [0.4, 0.5) is 0 Å². The molecule has 0 radical (unpaired) electrons. The van der Waals surface area contributed by atoms with Crippen LogP contribution < -0.4 is 4.74 Å². The van der Waals surface area contributed by atoms with E-state index in [1.54, 1.807) is 7.11 Å². The first kappa shape index (κ1) is 15.0. The first-order valence-electron chi connectivity index (χ1n) is 7.99. The Kier molecular flexibility index (Phi) is 4.73. The molecule has 1 saturated carbocycles. The summed E-state index contributed by atoms with van der Waals surface area (Å²) in [5, 5.41) is 17.6. The van der Waals surface area contributed by atoms with Crippen LogP contribution in [0.3, 0.4) is 0 Å². The number of hydrogen-bond acceptors (Lipinski definition) is 4. The van der Waals surface area contributed by atoms with Crippen molar-refractivity contribution in [1.29, 1.82) is 0 Å². The second-order valence-electron chi connectivity index (χ2n) is 5.97. The monoisotopic (exact) mass is 301 g/mol. The maximum atomic E-state index is 10.5. The van der Waals surface area contributed by atoms with Crippen molar-refractivity contribution in [3.8, 4) is 5.75 Å². The van der Waals surface area contributed by atoms with E-state index in [9.17, 15) is 5.11 Å². The van der Waals surface area contributed by atoms with Gasteiger partial charge in [0.05, 0.1) is 7.11 Å². The van der Waals surface area contributed by atoms with Crippen LogP contribution in [0.25, 0.3) is 0 Å². The minimum absolute atomic E-state index is 0.295. The molecule has 1 aliphatic carbocycles. The Bertz CT molecular complexity index is 605. The SMILES string of the molecule is COc1ccccc1Cc1nc([C@H](O)C2CCCCC2)n[nH]1. The normalized spacial score (nSPS) is 17.4. The molecule has 0 bridgehead atoms. The molecule has 5 heteroatoms. The van der Waals surface area contributed by atoms with Gasteiger partial charge >= 0.3 is 0 Å². The van der Waals surface area contributed by atoms with E-state index in [-0.39, 0.29) is 0 Å². The maximum absolute atomic E-state index is 10.5. The molecule has 1 fully saturated rings. The minimum Gasteiger partial charge on any atom is -0.496 e. The number of aromatic amines is 1. The highest BCUT2D eigenvalue weighted by atomic mass is 16.5. The molecule has 0 saturated heterocycles. The molecule has 3 rings (SSSR count). The highest BCUT2D eigenvalue weighted by Gasteiger charge is 2.26. The average molecular weight is 301 g/mol. The van der Waals surface area contributed by atoms with Crippen molar-refractivity contribution < 1.29 is 9.84 Å². The number of rotatable bonds is 5. The van der Waals surface area contributed by atoms with Gasteiger partial charge in [-0.3, -0.25) is 5.10 Å². The Balaban J connectivity index is 1.70. The smallest absolute Gasteiger partial charge is 0.179 e. The summed E-state index contributed by atoms with van der Waals surface area (Å²) in [7, 11) is 1.66. The molecule has 22 heavy (non-hydrogen) atoms. The zero-order valence-corrected chi connectivity index (χ0v) is 13.0. The predicted molar refractivity (Wildman–Crippen MR) is 83.7 cm³/mol. The number of ether oxygens (including phenoxy) is 1. The van der Waals surface area contributed by atoms with E-state index in [4.69, 9.17) is 4.74 Å². The van der Waals surface area contributed by atoms with Gasteiger partial charge in [0.15, 0.2) is 5.82 Å². The molecule has 1 atom stereocenters. The Morgan fingerprint density at radius 3 is 2.82 bits per heavy atom. The molecule has 0 unspecified atom stereocenters. The summed E-state index contributed by atoms with van der Waals surface area (Å²) in [5.74, 6) is 2.42. The second kappa shape index (κ2) is 6.92. The number of para-hydroxylation sites is 1. The van der Waals surface area contributed by atoms with Gasteiger partial charge in [0.2, 0.25) is 0 Å². The van der Waals surface area contributed by atoms with Crippen LogP contribution in [-0.4, -0.2) is 27.4 Å². The molecular weight excluding hydrogens is 278 g/mol. The van der Waals surface area contributed by atoms with E-state index in [1.807, 2.05) is 24.3 Å². The van der Waals surface area contributed by atoms with Gasteiger partial charge < -0.3 is 9.84 Å². The van der Waals surface area contributed by atoms with Crippen molar-refractivity contribution in [3.63, 3.8) is 0 Å². The fourth-order valence-electron chi connectivity index (χ4n) is 3.21. The van der Waals surface area contributed by atoms with Crippen molar-refractivity contribution in [2.45, 2.75) is 44.6 Å². The van der Waals surface area contributed by atoms with Gasteiger partial charge in [-0.2, -0.15) is 5.10 Å². The molecule has 5 nitrogen and oxygen atoms in total. The zero-order chi connectivity index (χ0) is 15.4. The van der Waals surface area contributed by atoms with Crippen LogP contribution >= 0.6 is 0 Å². The quantitative estimate of drug-likeness (QED) is 0.890. The molecule has 0 amide bonds. The molecule has 0 spiro atoms. The van der Waals surface area contributed by atoms with E-state index in [0.29, 0.717) is 18.2 Å². The van der Waals surface area contributed by atoms with Gasteiger partial charge in [0.1, 0.15) is 17.7 Å². The Labute approximate surface area is 130 Å². The van der Waals surface area contributed by atoms with E-state index in [2.05, 4.69) is 15.2 Å². The van der Waals surface area contributed by atoms with Gasteiger partial charge in [-0.05, 0) is 24.8 Å². The van der Waals surface area contributed by atoms with Crippen LogP contribution in [-0.2, 0) is 6.42 Å². The van der Waals surface area contributed by atoms with Gasteiger partial charge in [-0.25, -0.2) is 4.98 Å². The standard InChI is InChI=1S/C17H23N3O2/c1-22-14-10-6-5-9-13(14)11-15-18-17(20-19-15)16(21)12-7-3-2-4-8-12/h5-6,9-10,12,16,21H,2-4,7-8,11H2,1H3,(H,18,19,20)/t16-/m1/s1.